The summed E-state index contributed by atoms with van der Waals surface area (Å²) in [5.74, 6) is 1.60. The minimum atomic E-state index is -0.00747. The van der Waals surface area contributed by atoms with Gasteiger partial charge in [0.1, 0.15) is 0 Å². The quantitative estimate of drug-likeness (QED) is 0.561. The second kappa shape index (κ2) is 8.98. The molecule has 0 radical (unpaired) electrons. The van der Waals surface area contributed by atoms with Crippen molar-refractivity contribution >= 4 is 46.6 Å². The molecule has 0 saturated carbocycles. The van der Waals surface area contributed by atoms with Crippen molar-refractivity contribution in [3.63, 3.8) is 0 Å². The minimum absolute atomic E-state index is 0.00747. The highest BCUT2D eigenvalue weighted by Gasteiger charge is 2.18. The van der Waals surface area contributed by atoms with Crippen LogP contribution in [0.1, 0.15) is 38.3 Å². The molecule has 0 aliphatic heterocycles. The Kier molecular flexibility index (Phi) is 7.24. The lowest BCUT2D eigenvalue weighted by molar-refractivity contribution is -0.115. The Hall–Kier alpha value is -1.16. The molecule has 5 heteroatoms. The molecule has 2 aromatic carbocycles. The number of anilines is 1. The van der Waals surface area contributed by atoms with E-state index in [0.717, 1.165) is 28.3 Å². The molecule has 2 nitrogen and oxygen atoms in total. The lowest BCUT2D eigenvalue weighted by Gasteiger charge is -2.23. The third kappa shape index (κ3) is 6.25. The molecule has 0 atom stereocenters. The summed E-state index contributed by atoms with van der Waals surface area (Å²) in [5, 5.41) is 4.17. The lowest BCUT2D eigenvalue weighted by atomic mass is 9.86. The Morgan fingerprint density at radius 1 is 1.08 bits per heavy atom. The first-order chi connectivity index (χ1) is 11.8. The van der Waals surface area contributed by atoms with Crippen molar-refractivity contribution in [1.29, 1.82) is 0 Å². The highest BCUT2D eigenvalue weighted by atomic mass is 35.5. The molecule has 1 N–H and O–H groups in total. The van der Waals surface area contributed by atoms with E-state index in [9.17, 15) is 4.79 Å². The molecule has 0 spiro atoms. The molecule has 134 valence electrons. The van der Waals surface area contributed by atoms with Crippen LogP contribution in [0.25, 0.3) is 0 Å². The summed E-state index contributed by atoms with van der Waals surface area (Å²) in [5.41, 5.74) is 3.14. The highest BCUT2D eigenvalue weighted by Crippen LogP contribution is 2.29. The third-order valence-electron chi connectivity index (χ3n) is 3.74. The fourth-order valence-corrected chi connectivity index (χ4v) is 3.65. The van der Waals surface area contributed by atoms with Crippen LogP contribution in [0.5, 0.6) is 0 Å². The van der Waals surface area contributed by atoms with Crippen LogP contribution in [0, 0.1) is 0 Å². The van der Waals surface area contributed by atoms with E-state index in [1.54, 1.807) is 17.8 Å². The Morgan fingerprint density at radius 2 is 1.80 bits per heavy atom. The van der Waals surface area contributed by atoms with Crippen molar-refractivity contribution < 1.29 is 4.79 Å². The first kappa shape index (κ1) is 20.2. The van der Waals surface area contributed by atoms with Gasteiger partial charge in [0, 0.05) is 23.6 Å². The van der Waals surface area contributed by atoms with Gasteiger partial charge in [-0.3, -0.25) is 4.79 Å². The number of carbonyl (C=O) groups is 1. The monoisotopic (exact) mass is 395 g/mol. The van der Waals surface area contributed by atoms with Gasteiger partial charge in [-0.2, -0.15) is 11.8 Å². The van der Waals surface area contributed by atoms with Crippen molar-refractivity contribution in [2.75, 3.05) is 11.1 Å². The molecule has 25 heavy (non-hydrogen) atoms. The second-order valence-electron chi connectivity index (χ2n) is 6.89. The minimum Gasteiger partial charge on any atom is -0.326 e. The molecule has 0 aliphatic rings. The van der Waals surface area contributed by atoms with E-state index >= 15 is 0 Å². The molecule has 0 fully saturated rings. The Bertz CT molecular complexity index is 741. The number of amides is 1. The van der Waals surface area contributed by atoms with Gasteiger partial charge in [0.05, 0.1) is 10.0 Å². The number of rotatable bonds is 6. The molecule has 0 heterocycles. The summed E-state index contributed by atoms with van der Waals surface area (Å²) in [6, 6.07) is 13.6. The molecule has 0 aromatic heterocycles. The standard InChI is InChI=1S/C20H23Cl2NOS/c1-20(2,3)15-6-4-5-7-18(15)23-19(24)10-11-25-13-14-8-9-16(21)17(22)12-14/h4-9,12H,10-11,13H2,1-3H3,(H,23,24). The average molecular weight is 396 g/mol. The van der Waals surface area contributed by atoms with Crippen LogP contribution in [0.2, 0.25) is 10.0 Å². The van der Waals surface area contributed by atoms with Gasteiger partial charge in [-0.25, -0.2) is 0 Å². The second-order valence-corrected chi connectivity index (χ2v) is 8.81. The summed E-state index contributed by atoms with van der Waals surface area (Å²) < 4.78 is 0. The van der Waals surface area contributed by atoms with Gasteiger partial charge < -0.3 is 5.32 Å². The summed E-state index contributed by atoms with van der Waals surface area (Å²) in [6.45, 7) is 6.43. The van der Waals surface area contributed by atoms with Crippen LogP contribution >= 0.6 is 35.0 Å². The molecule has 2 rings (SSSR count). The van der Waals surface area contributed by atoms with Gasteiger partial charge in [0.25, 0.3) is 0 Å². The number of para-hydroxylation sites is 1. The zero-order valence-corrected chi connectivity index (χ0v) is 17.1. The number of nitrogens with one attached hydrogen (secondary N) is 1. The predicted octanol–water partition coefficient (Wildman–Crippen LogP) is 6.55. The van der Waals surface area contributed by atoms with Gasteiger partial charge in [-0.1, -0.05) is 68.2 Å². The SMILES string of the molecule is CC(C)(C)c1ccccc1NC(=O)CCSCc1ccc(Cl)c(Cl)c1. The molecular formula is C20H23Cl2NOS. The number of benzene rings is 2. The Labute approximate surface area is 164 Å². The maximum atomic E-state index is 12.2. The molecule has 0 unspecified atom stereocenters. The van der Waals surface area contributed by atoms with Crippen molar-refractivity contribution in [2.24, 2.45) is 0 Å². The normalized spacial score (nSPS) is 11.4. The van der Waals surface area contributed by atoms with Crippen molar-refractivity contribution in [1.82, 2.24) is 0 Å². The largest absolute Gasteiger partial charge is 0.326 e. The van der Waals surface area contributed by atoms with Gasteiger partial charge >= 0.3 is 0 Å². The average Bonchev–Trinajstić information content (AvgIpc) is 2.54. The van der Waals surface area contributed by atoms with Crippen LogP contribution in [-0.2, 0) is 16.0 Å². The summed E-state index contributed by atoms with van der Waals surface area (Å²) in [6.07, 6.45) is 0.477. The van der Waals surface area contributed by atoms with Crippen LogP contribution in [0.3, 0.4) is 0 Å². The van der Waals surface area contributed by atoms with Crippen molar-refractivity contribution in [3.8, 4) is 0 Å². The van der Waals surface area contributed by atoms with Crippen LogP contribution in [0.4, 0.5) is 5.69 Å². The number of hydrogen-bond acceptors (Lipinski definition) is 2. The molecule has 0 bridgehead atoms. The Morgan fingerprint density at radius 3 is 2.48 bits per heavy atom. The van der Waals surface area contributed by atoms with Gasteiger partial charge in [-0.05, 0) is 34.7 Å². The maximum absolute atomic E-state index is 12.2. The zero-order chi connectivity index (χ0) is 18.4. The summed E-state index contributed by atoms with van der Waals surface area (Å²) >= 11 is 13.6. The van der Waals surface area contributed by atoms with E-state index < -0.39 is 0 Å². The molecule has 1 amide bonds. The fourth-order valence-electron chi connectivity index (χ4n) is 2.44. The number of halogens is 2. The molecule has 0 aliphatic carbocycles. The highest BCUT2D eigenvalue weighted by molar-refractivity contribution is 7.98. The van der Waals surface area contributed by atoms with E-state index in [0.29, 0.717) is 16.5 Å². The van der Waals surface area contributed by atoms with Crippen LogP contribution in [0.15, 0.2) is 42.5 Å². The van der Waals surface area contributed by atoms with Gasteiger partial charge in [-0.15, -0.1) is 0 Å². The van der Waals surface area contributed by atoms with E-state index in [-0.39, 0.29) is 11.3 Å². The van der Waals surface area contributed by atoms with E-state index in [2.05, 4.69) is 32.2 Å². The summed E-state index contributed by atoms with van der Waals surface area (Å²) in [7, 11) is 0. The van der Waals surface area contributed by atoms with E-state index in [1.807, 2.05) is 30.3 Å². The van der Waals surface area contributed by atoms with Gasteiger partial charge in [0.15, 0.2) is 0 Å². The fraction of sp³-hybridized carbons (Fsp3) is 0.350. The maximum Gasteiger partial charge on any atom is 0.225 e. The first-order valence-electron chi connectivity index (χ1n) is 8.18. The number of carbonyl (C=O) groups excluding carboxylic acids is 1. The van der Waals surface area contributed by atoms with Crippen LogP contribution < -0.4 is 5.32 Å². The molecule has 2 aromatic rings. The Balaban J connectivity index is 1.82. The smallest absolute Gasteiger partial charge is 0.225 e. The number of thioether (sulfide) groups is 1. The van der Waals surface area contributed by atoms with Crippen molar-refractivity contribution in [3.05, 3.63) is 63.6 Å². The first-order valence-corrected chi connectivity index (χ1v) is 10.1. The predicted molar refractivity (Wildman–Crippen MR) is 111 cm³/mol. The molecular weight excluding hydrogens is 373 g/mol. The number of hydrogen-bond donors (Lipinski definition) is 1. The van der Waals surface area contributed by atoms with Crippen molar-refractivity contribution in [2.45, 2.75) is 38.4 Å². The van der Waals surface area contributed by atoms with Gasteiger partial charge in [0.2, 0.25) is 5.91 Å². The lowest BCUT2D eigenvalue weighted by Crippen LogP contribution is -2.18. The molecule has 0 saturated heterocycles. The third-order valence-corrected chi connectivity index (χ3v) is 5.50. The topological polar surface area (TPSA) is 29.1 Å². The van der Waals surface area contributed by atoms with E-state index in [1.165, 1.54) is 0 Å². The zero-order valence-electron chi connectivity index (χ0n) is 14.7. The van der Waals surface area contributed by atoms with Crippen LogP contribution in [-0.4, -0.2) is 11.7 Å². The van der Waals surface area contributed by atoms with E-state index in [4.69, 9.17) is 23.2 Å². The summed E-state index contributed by atoms with van der Waals surface area (Å²) in [4.78, 5) is 12.2.